The van der Waals surface area contributed by atoms with Crippen molar-refractivity contribution in [3.05, 3.63) is 64.0 Å². The number of amides is 2. The van der Waals surface area contributed by atoms with Gasteiger partial charge in [0.05, 0.1) is 35.5 Å². The highest BCUT2D eigenvalue weighted by atomic mass is 19.4. The van der Waals surface area contributed by atoms with Crippen LogP contribution < -0.4 is 4.90 Å². The predicted molar refractivity (Wildman–Crippen MR) is 131 cm³/mol. The zero-order chi connectivity index (χ0) is 32.9. The second-order valence-electron chi connectivity index (χ2n) is 10.9. The number of rotatable bonds is 3. The third kappa shape index (κ3) is 7.63. The van der Waals surface area contributed by atoms with Gasteiger partial charge in [0, 0.05) is 18.2 Å². The summed E-state index contributed by atoms with van der Waals surface area (Å²) in [5.41, 5.74) is -7.77. The zero-order valence-electron chi connectivity index (χ0n) is 23.3. The maximum Gasteiger partial charge on any atom is 0.419 e. The molecule has 238 valence electrons. The van der Waals surface area contributed by atoms with Crippen LogP contribution in [0.3, 0.4) is 0 Å². The Bertz CT molecular complexity index is 1350. The molecule has 1 aliphatic heterocycles. The largest absolute Gasteiger partial charge is 0.453 e. The average molecular weight is 632 g/mol. The monoisotopic (exact) mass is 632 g/mol. The van der Waals surface area contributed by atoms with Crippen LogP contribution in [0.5, 0.6) is 0 Å². The number of ether oxygens (including phenoxy) is 2. The number of anilines is 1. The zero-order valence-corrected chi connectivity index (χ0v) is 23.3. The van der Waals surface area contributed by atoms with Gasteiger partial charge < -0.3 is 9.47 Å². The number of hydrogen-bond acceptors (Lipinski definition) is 4. The van der Waals surface area contributed by atoms with Crippen molar-refractivity contribution in [2.24, 2.45) is 0 Å². The first-order valence-electron chi connectivity index (χ1n) is 12.5. The smallest absolute Gasteiger partial charge is 0.419 e. The van der Waals surface area contributed by atoms with Gasteiger partial charge in [-0.05, 0) is 70.0 Å². The lowest BCUT2D eigenvalue weighted by Crippen LogP contribution is -2.49. The second-order valence-corrected chi connectivity index (χ2v) is 10.9. The van der Waals surface area contributed by atoms with E-state index in [1.54, 1.807) is 0 Å². The minimum atomic E-state index is -5.22. The van der Waals surface area contributed by atoms with Gasteiger partial charge in [0.2, 0.25) is 0 Å². The summed E-state index contributed by atoms with van der Waals surface area (Å²) in [5.74, 6) is -1.79. The van der Waals surface area contributed by atoms with Crippen molar-refractivity contribution in [2.45, 2.75) is 76.9 Å². The average Bonchev–Trinajstić information content (AvgIpc) is 2.83. The van der Waals surface area contributed by atoms with E-state index in [4.69, 9.17) is 9.47 Å². The van der Waals surface area contributed by atoms with Gasteiger partial charge in [-0.2, -0.15) is 39.5 Å². The molecule has 43 heavy (non-hydrogen) atoms. The first kappa shape index (κ1) is 33.8. The standard InChI is InChI=1S/C27H26F10N2O4/c1-13-6-20(17-10-19(28)18(27(35,36)37)11-21(17)39(13)23(41)43-24(2,3)4)38(22(40)42-5)12-14-7-15(25(29,30)31)9-16(8-14)26(32,33)34/h7-11,13,20H,6,12H2,1-5H3/t13-,20+/m0/s1. The maximum absolute atomic E-state index is 14.8. The van der Waals surface area contributed by atoms with Crippen molar-refractivity contribution < 1.29 is 63.0 Å². The molecule has 0 saturated carbocycles. The molecular formula is C27H26F10N2O4. The molecule has 2 aromatic carbocycles. The third-order valence-corrected chi connectivity index (χ3v) is 6.42. The quantitative estimate of drug-likeness (QED) is 0.318. The number of halogens is 10. The maximum atomic E-state index is 14.8. The van der Waals surface area contributed by atoms with Crippen molar-refractivity contribution in [3.63, 3.8) is 0 Å². The van der Waals surface area contributed by atoms with Crippen molar-refractivity contribution in [3.8, 4) is 0 Å². The van der Waals surface area contributed by atoms with Crippen LogP contribution in [0.1, 0.15) is 68.0 Å². The first-order valence-corrected chi connectivity index (χ1v) is 12.5. The number of methoxy groups -OCH3 is 1. The molecule has 16 heteroatoms. The molecule has 0 unspecified atom stereocenters. The molecule has 1 aliphatic rings. The van der Waals surface area contributed by atoms with E-state index in [1.807, 2.05) is 0 Å². The predicted octanol–water partition coefficient (Wildman–Crippen LogP) is 8.73. The van der Waals surface area contributed by atoms with Crippen molar-refractivity contribution in [1.82, 2.24) is 4.90 Å². The van der Waals surface area contributed by atoms with Crippen LogP contribution in [0.4, 0.5) is 59.2 Å². The summed E-state index contributed by atoms with van der Waals surface area (Å²) in [6.45, 7) is 4.86. The lowest BCUT2D eigenvalue weighted by atomic mass is 9.89. The van der Waals surface area contributed by atoms with Gasteiger partial charge in [0.25, 0.3) is 0 Å². The van der Waals surface area contributed by atoms with Crippen LogP contribution in [0.25, 0.3) is 0 Å². The molecule has 3 rings (SSSR count). The summed E-state index contributed by atoms with van der Waals surface area (Å²) in [7, 11) is 0.857. The Kier molecular flexibility index (Phi) is 8.96. The lowest BCUT2D eigenvalue weighted by molar-refractivity contribution is -0.143. The number of hydrogen-bond donors (Lipinski definition) is 0. The van der Waals surface area contributed by atoms with Gasteiger partial charge in [-0.15, -0.1) is 0 Å². The molecule has 0 radical (unpaired) electrons. The molecule has 2 amide bonds. The minimum Gasteiger partial charge on any atom is -0.453 e. The van der Waals surface area contributed by atoms with Gasteiger partial charge in [-0.25, -0.2) is 14.0 Å². The molecule has 1 heterocycles. The van der Waals surface area contributed by atoms with Crippen molar-refractivity contribution in [1.29, 1.82) is 0 Å². The van der Waals surface area contributed by atoms with Crippen LogP contribution in [-0.4, -0.2) is 35.8 Å². The molecule has 2 atom stereocenters. The highest BCUT2D eigenvalue weighted by Crippen LogP contribution is 2.46. The molecule has 6 nitrogen and oxygen atoms in total. The van der Waals surface area contributed by atoms with Crippen LogP contribution in [0, 0.1) is 5.82 Å². The minimum absolute atomic E-state index is 0.114. The van der Waals surface area contributed by atoms with E-state index in [1.165, 1.54) is 27.7 Å². The Morgan fingerprint density at radius 3 is 1.86 bits per heavy atom. The molecule has 2 aromatic rings. The van der Waals surface area contributed by atoms with Crippen LogP contribution in [0.2, 0.25) is 0 Å². The summed E-state index contributed by atoms with van der Waals surface area (Å²) in [5, 5.41) is 0. The second kappa shape index (κ2) is 11.4. The Morgan fingerprint density at radius 2 is 1.42 bits per heavy atom. The van der Waals surface area contributed by atoms with Crippen molar-refractivity contribution >= 4 is 17.9 Å². The number of carbonyl (C=O) groups is 2. The van der Waals surface area contributed by atoms with E-state index >= 15 is 0 Å². The number of fused-ring (bicyclic) bond motifs is 1. The highest BCUT2D eigenvalue weighted by molar-refractivity contribution is 5.91. The Labute approximate surface area is 239 Å². The van der Waals surface area contributed by atoms with Crippen molar-refractivity contribution in [2.75, 3.05) is 12.0 Å². The fourth-order valence-electron chi connectivity index (χ4n) is 4.67. The van der Waals surface area contributed by atoms with E-state index in [0.717, 1.165) is 12.0 Å². The van der Waals surface area contributed by atoms with Crippen LogP contribution >= 0.6 is 0 Å². The Balaban J connectivity index is 2.24. The van der Waals surface area contributed by atoms with E-state index in [9.17, 15) is 53.5 Å². The molecule has 0 aromatic heterocycles. The van der Waals surface area contributed by atoms with Gasteiger partial charge >= 0.3 is 30.7 Å². The van der Waals surface area contributed by atoms with E-state index in [0.29, 0.717) is 29.2 Å². The third-order valence-electron chi connectivity index (χ3n) is 6.42. The summed E-state index contributed by atoms with van der Waals surface area (Å²) < 4.78 is 147. The molecular weight excluding hydrogens is 606 g/mol. The van der Waals surface area contributed by atoms with Crippen LogP contribution in [-0.2, 0) is 34.5 Å². The van der Waals surface area contributed by atoms with E-state index < -0.39 is 88.7 Å². The molecule has 0 bridgehead atoms. The number of nitrogens with zero attached hydrogens (tertiary/aromatic N) is 2. The molecule has 0 N–H and O–H groups in total. The number of benzene rings is 2. The summed E-state index contributed by atoms with van der Waals surface area (Å²) in [6, 6.07) is -1.14. The molecule has 0 fully saturated rings. The van der Waals surface area contributed by atoms with Gasteiger partial charge in [-0.1, -0.05) is 0 Å². The molecule has 0 saturated heterocycles. The van der Waals surface area contributed by atoms with Gasteiger partial charge in [0.1, 0.15) is 11.4 Å². The normalized spacial score (nSPS) is 17.8. The van der Waals surface area contributed by atoms with E-state index in [2.05, 4.69) is 0 Å². The summed E-state index contributed by atoms with van der Waals surface area (Å²) in [4.78, 5) is 27.4. The SMILES string of the molecule is COC(=O)N(Cc1cc(C(F)(F)F)cc(C(F)(F)F)c1)[C@@H]1C[C@H](C)N(C(=O)OC(C)(C)C)c2cc(C(F)(F)F)c(F)cc21. The lowest BCUT2D eigenvalue weighted by Gasteiger charge is -2.43. The van der Waals surface area contributed by atoms with Gasteiger partial charge in [-0.3, -0.25) is 9.80 Å². The Morgan fingerprint density at radius 1 is 0.884 bits per heavy atom. The first-order chi connectivity index (χ1) is 19.4. The molecule has 0 spiro atoms. The molecule has 0 aliphatic carbocycles. The highest BCUT2D eigenvalue weighted by Gasteiger charge is 2.44. The Hall–Kier alpha value is -3.72. The van der Waals surface area contributed by atoms with Crippen LogP contribution in [0.15, 0.2) is 30.3 Å². The van der Waals surface area contributed by atoms with Gasteiger partial charge in [0.15, 0.2) is 0 Å². The van der Waals surface area contributed by atoms with E-state index in [-0.39, 0.29) is 18.1 Å². The fraction of sp³-hybridized carbons (Fsp3) is 0.481. The summed E-state index contributed by atoms with van der Waals surface area (Å²) >= 11 is 0. The number of alkyl halides is 9. The summed E-state index contributed by atoms with van der Waals surface area (Å²) in [6.07, 6.45) is -18.4. The topological polar surface area (TPSA) is 59.1 Å². The number of carbonyl (C=O) groups excluding carboxylic acids is 2. The fourth-order valence-corrected chi connectivity index (χ4v) is 4.67.